The Morgan fingerprint density at radius 1 is 1.42 bits per heavy atom. The molecule has 3 rings (SSSR count). The van der Waals surface area contributed by atoms with Gasteiger partial charge in [0.2, 0.25) is 0 Å². The highest BCUT2D eigenvalue weighted by Gasteiger charge is 2.17. The third-order valence-electron chi connectivity index (χ3n) is 4.25. The number of aromatic amines is 1. The van der Waals surface area contributed by atoms with Gasteiger partial charge in [0.15, 0.2) is 11.8 Å². The van der Waals surface area contributed by atoms with E-state index in [1.54, 1.807) is 7.11 Å². The lowest BCUT2D eigenvalue weighted by molar-refractivity contribution is 0.270. The molecule has 1 aromatic carbocycles. The first-order valence-corrected chi connectivity index (χ1v) is 8.26. The summed E-state index contributed by atoms with van der Waals surface area (Å²) in [6.45, 7) is 4.60. The molecule has 1 atom stereocenters. The van der Waals surface area contributed by atoms with Crippen LogP contribution in [0.1, 0.15) is 25.6 Å². The number of hydrogen-bond acceptors (Lipinski definition) is 4. The second-order valence-electron chi connectivity index (χ2n) is 6.20. The van der Waals surface area contributed by atoms with Crippen molar-refractivity contribution in [1.82, 2.24) is 20.1 Å². The van der Waals surface area contributed by atoms with Crippen molar-refractivity contribution in [3.63, 3.8) is 0 Å². The first-order chi connectivity index (χ1) is 11.7. The molecular formula is C17H24N6O. The Labute approximate surface area is 141 Å². The average Bonchev–Trinajstić information content (AvgIpc) is 3.09. The largest absolute Gasteiger partial charge is 0.497 e. The molecule has 1 aliphatic heterocycles. The van der Waals surface area contributed by atoms with Crippen molar-refractivity contribution in [2.75, 3.05) is 20.2 Å². The molecule has 0 bridgehead atoms. The number of methoxy groups -OCH3 is 1. The molecule has 128 valence electrons. The summed E-state index contributed by atoms with van der Waals surface area (Å²) in [6, 6.07) is 7.63. The van der Waals surface area contributed by atoms with Crippen molar-refractivity contribution in [1.29, 1.82) is 0 Å². The number of benzene rings is 1. The Morgan fingerprint density at radius 3 is 2.92 bits per heavy atom. The van der Waals surface area contributed by atoms with Crippen LogP contribution < -0.4 is 10.5 Å². The van der Waals surface area contributed by atoms with Crippen LogP contribution in [-0.4, -0.2) is 46.2 Å². The van der Waals surface area contributed by atoms with Gasteiger partial charge >= 0.3 is 0 Å². The Kier molecular flexibility index (Phi) is 4.98. The van der Waals surface area contributed by atoms with Gasteiger partial charge in [-0.25, -0.2) is 9.98 Å². The number of aliphatic imine (C=N–C) groups is 1. The van der Waals surface area contributed by atoms with Crippen LogP contribution in [0.3, 0.4) is 0 Å². The van der Waals surface area contributed by atoms with Gasteiger partial charge in [-0.2, -0.15) is 5.10 Å². The van der Waals surface area contributed by atoms with E-state index in [1.807, 2.05) is 24.3 Å². The average molecular weight is 328 g/mol. The maximum Gasteiger partial charge on any atom is 0.191 e. The van der Waals surface area contributed by atoms with Gasteiger partial charge < -0.3 is 15.4 Å². The number of likely N-dealkylation sites (tertiary alicyclic amines) is 1. The number of nitrogens with zero attached hydrogens (tertiary/aromatic N) is 4. The molecular weight excluding hydrogens is 304 g/mol. The van der Waals surface area contributed by atoms with Gasteiger partial charge in [0.05, 0.1) is 7.11 Å². The predicted octanol–water partition coefficient (Wildman–Crippen LogP) is 2.03. The smallest absolute Gasteiger partial charge is 0.191 e. The highest BCUT2D eigenvalue weighted by molar-refractivity contribution is 5.78. The fraction of sp³-hybridized carbons (Fsp3) is 0.471. The number of nitrogens with two attached hydrogens (primary N) is 1. The predicted molar refractivity (Wildman–Crippen MR) is 93.7 cm³/mol. The summed E-state index contributed by atoms with van der Waals surface area (Å²) in [5.74, 6) is 3.41. The number of hydrogen-bond donors (Lipinski definition) is 2. The quantitative estimate of drug-likeness (QED) is 0.662. The topological polar surface area (TPSA) is 92.4 Å². The van der Waals surface area contributed by atoms with Gasteiger partial charge in [0.1, 0.15) is 18.1 Å². The van der Waals surface area contributed by atoms with Crippen molar-refractivity contribution < 1.29 is 4.74 Å². The minimum atomic E-state index is 0.403. The maximum atomic E-state index is 6.11. The summed E-state index contributed by atoms with van der Waals surface area (Å²) in [7, 11) is 1.64. The summed E-state index contributed by atoms with van der Waals surface area (Å²) < 4.78 is 5.16. The highest BCUT2D eigenvalue weighted by atomic mass is 16.5. The number of nitrogens with one attached hydrogen (secondary N) is 1. The first kappa shape index (κ1) is 16.3. The lowest BCUT2D eigenvalue weighted by atomic mass is 10.0. The molecule has 0 saturated carbocycles. The zero-order chi connectivity index (χ0) is 16.9. The van der Waals surface area contributed by atoms with Crippen LogP contribution in [0.4, 0.5) is 0 Å². The van der Waals surface area contributed by atoms with Crippen molar-refractivity contribution >= 4 is 5.96 Å². The summed E-state index contributed by atoms with van der Waals surface area (Å²) >= 11 is 0. The van der Waals surface area contributed by atoms with Gasteiger partial charge in [-0.3, -0.25) is 5.10 Å². The Bertz CT molecular complexity index is 693. The fourth-order valence-corrected chi connectivity index (χ4v) is 2.89. The molecule has 3 N–H and O–H groups in total. The SMILES string of the molecule is COc1ccc(-c2n[nH]c(CN=C(N)N3CCCC(C)C3)n2)cc1. The van der Waals surface area contributed by atoms with Crippen LogP contribution >= 0.6 is 0 Å². The molecule has 2 heterocycles. The Morgan fingerprint density at radius 2 is 2.21 bits per heavy atom. The second kappa shape index (κ2) is 7.33. The summed E-state index contributed by atoms with van der Waals surface area (Å²) in [5.41, 5.74) is 7.04. The minimum absolute atomic E-state index is 0.403. The molecule has 0 radical (unpaired) electrons. The van der Waals surface area contributed by atoms with E-state index in [0.29, 0.717) is 30.1 Å². The maximum absolute atomic E-state index is 6.11. The van der Waals surface area contributed by atoms with Crippen molar-refractivity contribution in [2.45, 2.75) is 26.3 Å². The van der Waals surface area contributed by atoms with Crippen molar-refractivity contribution in [3.8, 4) is 17.1 Å². The molecule has 1 aliphatic rings. The third kappa shape index (κ3) is 3.84. The summed E-state index contributed by atoms with van der Waals surface area (Å²) in [5, 5.41) is 7.17. The second-order valence-corrected chi connectivity index (χ2v) is 6.20. The number of H-pyrrole nitrogens is 1. The van der Waals surface area contributed by atoms with Crippen LogP contribution in [0.25, 0.3) is 11.4 Å². The summed E-state index contributed by atoms with van der Waals surface area (Å²) in [4.78, 5) is 11.1. The van der Waals surface area contributed by atoms with Crippen LogP contribution in [-0.2, 0) is 6.54 Å². The molecule has 0 aliphatic carbocycles. The molecule has 1 unspecified atom stereocenters. The molecule has 0 amide bonds. The standard InChI is InChI=1S/C17H24N6O/c1-12-4-3-9-23(11-12)17(18)19-10-15-20-16(22-21-15)13-5-7-14(24-2)8-6-13/h5-8,12H,3-4,9-11H2,1-2H3,(H2,18,19)(H,20,21,22). The van der Waals surface area contributed by atoms with E-state index in [0.717, 1.165) is 24.4 Å². The van der Waals surface area contributed by atoms with Gasteiger partial charge in [-0.15, -0.1) is 0 Å². The number of aromatic nitrogens is 3. The fourth-order valence-electron chi connectivity index (χ4n) is 2.89. The molecule has 1 fully saturated rings. The molecule has 1 saturated heterocycles. The zero-order valence-corrected chi connectivity index (χ0v) is 14.2. The molecule has 7 nitrogen and oxygen atoms in total. The van der Waals surface area contributed by atoms with E-state index in [2.05, 4.69) is 32.0 Å². The normalized spacial score (nSPS) is 18.7. The van der Waals surface area contributed by atoms with Gasteiger partial charge in [0.25, 0.3) is 0 Å². The lowest BCUT2D eigenvalue weighted by Gasteiger charge is -2.31. The van der Waals surface area contributed by atoms with Gasteiger partial charge in [0, 0.05) is 18.7 Å². The zero-order valence-electron chi connectivity index (χ0n) is 14.2. The number of ether oxygens (including phenoxy) is 1. The van der Waals surface area contributed by atoms with E-state index in [9.17, 15) is 0 Å². The third-order valence-corrected chi connectivity index (χ3v) is 4.25. The van der Waals surface area contributed by atoms with E-state index in [4.69, 9.17) is 10.5 Å². The minimum Gasteiger partial charge on any atom is -0.497 e. The summed E-state index contributed by atoms with van der Waals surface area (Å²) in [6.07, 6.45) is 2.43. The van der Waals surface area contributed by atoms with E-state index < -0.39 is 0 Å². The monoisotopic (exact) mass is 328 g/mol. The van der Waals surface area contributed by atoms with Crippen LogP contribution in [0.15, 0.2) is 29.3 Å². The number of rotatable bonds is 4. The molecule has 0 spiro atoms. The molecule has 1 aromatic heterocycles. The lowest BCUT2D eigenvalue weighted by Crippen LogP contribution is -2.43. The molecule has 24 heavy (non-hydrogen) atoms. The van der Waals surface area contributed by atoms with Crippen LogP contribution in [0.2, 0.25) is 0 Å². The Hall–Kier alpha value is -2.57. The first-order valence-electron chi connectivity index (χ1n) is 8.26. The molecule has 7 heteroatoms. The van der Waals surface area contributed by atoms with Gasteiger partial charge in [-0.05, 0) is 43.0 Å². The highest BCUT2D eigenvalue weighted by Crippen LogP contribution is 2.19. The van der Waals surface area contributed by atoms with Gasteiger partial charge in [-0.1, -0.05) is 6.92 Å². The van der Waals surface area contributed by atoms with E-state index in [1.165, 1.54) is 12.8 Å². The Balaban J connectivity index is 1.63. The van der Waals surface area contributed by atoms with Crippen LogP contribution in [0.5, 0.6) is 5.75 Å². The number of piperidine rings is 1. The van der Waals surface area contributed by atoms with Crippen molar-refractivity contribution in [3.05, 3.63) is 30.1 Å². The molecule has 2 aromatic rings. The van der Waals surface area contributed by atoms with E-state index >= 15 is 0 Å². The van der Waals surface area contributed by atoms with Crippen molar-refractivity contribution in [2.24, 2.45) is 16.6 Å². The van der Waals surface area contributed by atoms with E-state index in [-0.39, 0.29) is 0 Å². The van der Waals surface area contributed by atoms with Crippen LogP contribution in [0, 0.1) is 5.92 Å². The number of guanidine groups is 1.